The summed E-state index contributed by atoms with van der Waals surface area (Å²) in [4.78, 5) is 10.7. The number of rotatable bonds is 1. The lowest BCUT2D eigenvalue weighted by atomic mass is 9.85. The van der Waals surface area contributed by atoms with Crippen molar-refractivity contribution in [3.8, 4) is 0 Å². The molecule has 1 amide bonds. The lowest BCUT2D eigenvalue weighted by Gasteiger charge is -2.20. The zero-order valence-electron chi connectivity index (χ0n) is 5.28. The first-order valence-electron chi connectivity index (χ1n) is 3.05. The minimum atomic E-state index is -2.56. The van der Waals surface area contributed by atoms with Gasteiger partial charge in [-0.3, -0.25) is 4.79 Å². The third-order valence-corrected chi connectivity index (χ3v) is 1.95. The van der Waals surface area contributed by atoms with E-state index in [9.17, 15) is 13.2 Å². The summed E-state index contributed by atoms with van der Waals surface area (Å²) in [6, 6.07) is 0. The van der Waals surface area contributed by atoms with Gasteiger partial charge in [0.1, 0.15) is 0 Å². The highest BCUT2D eigenvalue weighted by atomic mass is 32.2. The highest BCUT2D eigenvalue weighted by Gasteiger charge is 2.24. The van der Waals surface area contributed by atoms with Crippen LogP contribution in [0.15, 0.2) is 4.36 Å². The van der Waals surface area contributed by atoms with Crippen molar-refractivity contribution in [2.75, 3.05) is 0 Å². The van der Waals surface area contributed by atoms with Crippen LogP contribution in [0.1, 0.15) is 19.3 Å². The van der Waals surface area contributed by atoms with Crippen LogP contribution in [0.3, 0.4) is 0 Å². The number of hydrogen-bond donors (Lipinski definition) is 0. The molecule has 0 heterocycles. The minimum Gasteiger partial charge on any atom is -0.271 e. The summed E-state index contributed by atoms with van der Waals surface area (Å²) in [5, 5.41) is 0. The molecule has 0 atom stereocenters. The molecule has 10 heavy (non-hydrogen) atoms. The molecule has 0 aliphatic heterocycles. The van der Waals surface area contributed by atoms with Gasteiger partial charge in [-0.05, 0) is 12.8 Å². The maximum Gasteiger partial charge on any atom is 0.319 e. The van der Waals surface area contributed by atoms with E-state index in [-0.39, 0.29) is 5.92 Å². The smallest absolute Gasteiger partial charge is 0.271 e. The van der Waals surface area contributed by atoms with Gasteiger partial charge >= 0.3 is 10.5 Å². The van der Waals surface area contributed by atoms with Crippen LogP contribution < -0.4 is 0 Å². The molecule has 0 spiro atoms. The SMILES string of the molecule is O=C(N=S(=O)=O)C1CCC1. The average molecular weight is 161 g/mol. The zero-order chi connectivity index (χ0) is 7.56. The number of carbonyl (C=O) groups is 1. The van der Waals surface area contributed by atoms with E-state index in [1.54, 1.807) is 0 Å². The number of hydrogen-bond acceptors (Lipinski definition) is 3. The second kappa shape index (κ2) is 2.92. The second-order valence-corrected chi connectivity index (χ2v) is 2.89. The summed E-state index contributed by atoms with van der Waals surface area (Å²) in [6.45, 7) is 0. The van der Waals surface area contributed by atoms with Crippen LogP contribution in [0.4, 0.5) is 0 Å². The van der Waals surface area contributed by atoms with Gasteiger partial charge in [0.05, 0.1) is 0 Å². The molecule has 0 unspecified atom stereocenters. The Kier molecular flexibility index (Phi) is 2.16. The highest BCUT2D eigenvalue weighted by molar-refractivity contribution is 7.62. The van der Waals surface area contributed by atoms with Gasteiger partial charge in [-0.15, -0.1) is 0 Å². The Morgan fingerprint density at radius 1 is 1.40 bits per heavy atom. The van der Waals surface area contributed by atoms with Gasteiger partial charge in [-0.25, -0.2) is 0 Å². The molecule has 4 nitrogen and oxygen atoms in total. The number of carbonyl (C=O) groups excluding carboxylic acids is 1. The van der Waals surface area contributed by atoms with E-state index in [0.29, 0.717) is 0 Å². The molecule has 56 valence electrons. The Labute approximate surface area is 59.9 Å². The van der Waals surface area contributed by atoms with Crippen LogP contribution in [0.2, 0.25) is 0 Å². The lowest BCUT2D eigenvalue weighted by Crippen LogP contribution is -2.19. The van der Waals surface area contributed by atoms with Gasteiger partial charge in [0, 0.05) is 5.92 Å². The number of amides is 1. The van der Waals surface area contributed by atoms with E-state index in [2.05, 4.69) is 4.36 Å². The van der Waals surface area contributed by atoms with Crippen molar-refractivity contribution < 1.29 is 13.2 Å². The molecule has 5 heteroatoms. The van der Waals surface area contributed by atoms with Crippen LogP contribution in [-0.4, -0.2) is 14.3 Å². The first-order valence-corrected chi connectivity index (χ1v) is 4.08. The van der Waals surface area contributed by atoms with Crippen LogP contribution in [0, 0.1) is 5.92 Å². The molecule has 0 saturated heterocycles. The van der Waals surface area contributed by atoms with Crippen molar-refractivity contribution in [1.82, 2.24) is 0 Å². The molecule has 0 aromatic rings. The molecular formula is C5H7NO3S. The third kappa shape index (κ3) is 1.63. The summed E-state index contributed by atoms with van der Waals surface area (Å²) in [6.07, 6.45) is 2.59. The second-order valence-electron chi connectivity index (χ2n) is 2.27. The third-order valence-electron chi connectivity index (χ3n) is 1.62. The van der Waals surface area contributed by atoms with Gasteiger partial charge in [0.15, 0.2) is 0 Å². The van der Waals surface area contributed by atoms with Crippen LogP contribution >= 0.6 is 0 Å². The maximum atomic E-state index is 10.7. The molecule has 1 fully saturated rings. The Bertz CT molecular complexity index is 255. The maximum absolute atomic E-state index is 10.7. The normalized spacial score (nSPS) is 17.6. The molecule has 1 rings (SSSR count). The summed E-state index contributed by atoms with van der Waals surface area (Å²) in [7, 11) is -2.56. The monoisotopic (exact) mass is 161 g/mol. The topological polar surface area (TPSA) is 63.6 Å². The predicted molar refractivity (Wildman–Crippen MR) is 33.7 cm³/mol. The van der Waals surface area contributed by atoms with Gasteiger partial charge in [-0.1, -0.05) is 10.8 Å². The standard InChI is InChI=1S/C5H7NO3S/c7-5(6-10(8)9)4-2-1-3-4/h4H,1-3H2. The van der Waals surface area contributed by atoms with Crippen molar-refractivity contribution >= 4 is 16.4 Å². The summed E-state index contributed by atoms with van der Waals surface area (Å²) in [5.41, 5.74) is 0. The Morgan fingerprint density at radius 3 is 2.30 bits per heavy atom. The summed E-state index contributed by atoms with van der Waals surface area (Å²) >= 11 is 0. The fourth-order valence-electron chi connectivity index (χ4n) is 0.803. The first kappa shape index (κ1) is 7.40. The van der Waals surface area contributed by atoms with Gasteiger partial charge in [0.2, 0.25) is 0 Å². The molecule has 0 N–H and O–H groups in total. The fourth-order valence-corrected chi connectivity index (χ4v) is 1.10. The van der Waals surface area contributed by atoms with Crippen LogP contribution in [0.5, 0.6) is 0 Å². The van der Waals surface area contributed by atoms with E-state index in [4.69, 9.17) is 0 Å². The molecule has 1 aliphatic carbocycles. The Balaban J connectivity index is 2.57. The predicted octanol–water partition coefficient (Wildman–Crippen LogP) is 0.376. The van der Waals surface area contributed by atoms with Gasteiger partial charge < -0.3 is 0 Å². The van der Waals surface area contributed by atoms with Gasteiger partial charge in [0.25, 0.3) is 5.91 Å². The van der Waals surface area contributed by atoms with Crippen molar-refractivity contribution in [2.24, 2.45) is 10.3 Å². The summed E-state index contributed by atoms with van der Waals surface area (Å²) in [5.74, 6) is -0.600. The van der Waals surface area contributed by atoms with E-state index < -0.39 is 16.4 Å². The number of nitrogens with zero attached hydrogens (tertiary/aromatic N) is 1. The van der Waals surface area contributed by atoms with E-state index >= 15 is 0 Å². The van der Waals surface area contributed by atoms with E-state index in [1.165, 1.54) is 0 Å². The molecule has 0 bridgehead atoms. The lowest BCUT2D eigenvalue weighted by molar-refractivity contribution is -0.123. The van der Waals surface area contributed by atoms with Crippen molar-refractivity contribution in [3.63, 3.8) is 0 Å². The molecular weight excluding hydrogens is 154 g/mol. The summed E-state index contributed by atoms with van der Waals surface area (Å²) < 4.78 is 22.6. The van der Waals surface area contributed by atoms with Crippen molar-refractivity contribution in [3.05, 3.63) is 0 Å². The minimum absolute atomic E-state index is 0.113. The Morgan fingerprint density at radius 2 is 2.00 bits per heavy atom. The van der Waals surface area contributed by atoms with Crippen LogP contribution in [-0.2, 0) is 15.3 Å². The fraction of sp³-hybridized carbons (Fsp3) is 0.800. The molecule has 0 radical (unpaired) electrons. The largest absolute Gasteiger partial charge is 0.319 e. The van der Waals surface area contributed by atoms with E-state index in [1.807, 2.05) is 0 Å². The zero-order valence-corrected chi connectivity index (χ0v) is 6.10. The first-order chi connectivity index (χ1) is 4.70. The quantitative estimate of drug-likeness (QED) is 0.558. The average Bonchev–Trinajstić information content (AvgIpc) is 1.55. The molecule has 0 aromatic heterocycles. The van der Waals surface area contributed by atoms with Crippen LogP contribution in [0.25, 0.3) is 0 Å². The van der Waals surface area contributed by atoms with Crippen molar-refractivity contribution in [2.45, 2.75) is 19.3 Å². The van der Waals surface area contributed by atoms with Crippen molar-refractivity contribution in [1.29, 1.82) is 0 Å². The highest BCUT2D eigenvalue weighted by Crippen LogP contribution is 2.27. The van der Waals surface area contributed by atoms with E-state index in [0.717, 1.165) is 19.3 Å². The molecule has 0 aromatic carbocycles. The van der Waals surface area contributed by atoms with Gasteiger partial charge in [-0.2, -0.15) is 8.42 Å². The molecule has 1 saturated carbocycles. The molecule has 1 aliphatic rings. The Hall–Kier alpha value is -0.710.